The van der Waals surface area contributed by atoms with E-state index in [0.29, 0.717) is 5.58 Å². The molecule has 3 atom stereocenters. The Hall–Kier alpha value is -1.59. The first kappa shape index (κ1) is 12.4. The minimum absolute atomic E-state index is 0.0443. The smallest absolute Gasteiger partial charge is 0.408 e. The lowest BCUT2D eigenvalue weighted by Crippen LogP contribution is -2.26. The SMILES string of the molecule is CC1CCC(C(N)c2ccc3c(c2)oc(=O)n3C)O1. The second kappa shape index (κ2) is 4.51. The van der Waals surface area contributed by atoms with Gasteiger partial charge in [0.1, 0.15) is 0 Å². The monoisotopic (exact) mass is 262 g/mol. The van der Waals surface area contributed by atoms with Gasteiger partial charge in [-0.1, -0.05) is 6.07 Å². The van der Waals surface area contributed by atoms with Gasteiger partial charge in [-0.25, -0.2) is 4.79 Å². The van der Waals surface area contributed by atoms with Gasteiger partial charge < -0.3 is 14.9 Å². The van der Waals surface area contributed by atoms with Gasteiger partial charge in [-0.15, -0.1) is 0 Å². The van der Waals surface area contributed by atoms with E-state index in [1.165, 1.54) is 4.57 Å². The lowest BCUT2D eigenvalue weighted by molar-refractivity contribution is 0.0401. The number of hydrogen-bond donors (Lipinski definition) is 1. The number of ether oxygens (including phenoxy) is 1. The Morgan fingerprint density at radius 2 is 2.21 bits per heavy atom. The van der Waals surface area contributed by atoms with Gasteiger partial charge in [0, 0.05) is 7.05 Å². The molecule has 2 aromatic rings. The van der Waals surface area contributed by atoms with Gasteiger partial charge in [0.05, 0.1) is 23.8 Å². The van der Waals surface area contributed by atoms with E-state index in [2.05, 4.69) is 6.92 Å². The zero-order chi connectivity index (χ0) is 13.6. The highest BCUT2D eigenvalue weighted by Crippen LogP contribution is 2.29. The van der Waals surface area contributed by atoms with Crippen molar-refractivity contribution < 1.29 is 9.15 Å². The normalized spacial score (nSPS) is 25.0. The summed E-state index contributed by atoms with van der Waals surface area (Å²) in [5, 5.41) is 0. The van der Waals surface area contributed by atoms with Gasteiger partial charge in [0.2, 0.25) is 0 Å². The molecule has 102 valence electrons. The highest BCUT2D eigenvalue weighted by Gasteiger charge is 2.28. The summed E-state index contributed by atoms with van der Waals surface area (Å²) in [6, 6.07) is 5.47. The Kier molecular flexibility index (Phi) is 2.95. The Balaban J connectivity index is 1.94. The topological polar surface area (TPSA) is 70.4 Å². The first-order chi connectivity index (χ1) is 9.06. The summed E-state index contributed by atoms with van der Waals surface area (Å²) in [6.45, 7) is 2.06. The first-order valence-corrected chi connectivity index (χ1v) is 6.57. The van der Waals surface area contributed by atoms with Gasteiger partial charge >= 0.3 is 5.76 Å². The molecule has 0 aliphatic carbocycles. The molecule has 19 heavy (non-hydrogen) atoms. The fraction of sp³-hybridized carbons (Fsp3) is 0.500. The van der Waals surface area contributed by atoms with Gasteiger partial charge in [0.15, 0.2) is 5.58 Å². The summed E-state index contributed by atoms with van der Waals surface area (Å²) in [5.74, 6) is -0.355. The fourth-order valence-corrected chi connectivity index (χ4v) is 2.67. The molecular formula is C14H18N2O3. The van der Waals surface area contributed by atoms with Crippen molar-refractivity contribution in [2.45, 2.75) is 38.0 Å². The molecule has 1 fully saturated rings. The maximum absolute atomic E-state index is 11.5. The van der Waals surface area contributed by atoms with E-state index in [1.807, 2.05) is 18.2 Å². The Labute approximate surface area is 111 Å². The molecule has 5 heteroatoms. The maximum Gasteiger partial charge on any atom is 0.419 e. The molecule has 2 heterocycles. The van der Waals surface area contributed by atoms with Crippen LogP contribution in [0.4, 0.5) is 0 Å². The standard InChI is InChI=1S/C14H18N2O3/c1-8-3-6-11(18-8)13(15)9-4-5-10-12(7-9)19-14(17)16(10)2/h4-5,7-8,11,13H,3,6,15H2,1-2H3. The molecule has 5 nitrogen and oxygen atoms in total. The van der Waals surface area contributed by atoms with E-state index in [0.717, 1.165) is 23.9 Å². The van der Waals surface area contributed by atoms with Gasteiger partial charge in [-0.2, -0.15) is 0 Å². The summed E-state index contributed by atoms with van der Waals surface area (Å²) in [4.78, 5) is 11.5. The number of fused-ring (bicyclic) bond motifs is 1. The first-order valence-electron chi connectivity index (χ1n) is 6.57. The summed E-state index contributed by atoms with van der Waals surface area (Å²) in [7, 11) is 1.69. The van der Waals surface area contributed by atoms with Crippen LogP contribution in [0.1, 0.15) is 31.4 Å². The fourth-order valence-electron chi connectivity index (χ4n) is 2.67. The van der Waals surface area contributed by atoms with E-state index in [1.54, 1.807) is 7.05 Å². The van der Waals surface area contributed by atoms with Crippen LogP contribution in [-0.4, -0.2) is 16.8 Å². The molecule has 1 aromatic heterocycles. The Morgan fingerprint density at radius 1 is 1.42 bits per heavy atom. The number of aromatic nitrogens is 1. The van der Waals surface area contributed by atoms with Crippen molar-refractivity contribution >= 4 is 11.1 Å². The van der Waals surface area contributed by atoms with Gasteiger partial charge in [0.25, 0.3) is 0 Å². The minimum atomic E-state index is -0.355. The van der Waals surface area contributed by atoms with E-state index < -0.39 is 0 Å². The average Bonchev–Trinajstić information content (AvgIpc) is 2.94. The van der Waals surface area contributed by atoms with Gasteiger partial charge in [-0.3, -0.25) is 4.57 Å². The quantitative estimate of drug-likeness (QED) is 0.894. The van der Waals surface area contributed by atoms with Crippen molar-refractivity contribution in [2.24, 2.45) is 12.8 Å². The molecule has 0 bridgehead atoms. The summed E-state index contributed by atoms with van der Waals surface area (Å²) >= 11 is 0. The number of oxazole rings is 1. The molecule has 2 N–H and O–H groups in total. The van der Waals surface area contributed by atoms with E-state index in [-0.39, 0.29) is 24.0 Å². The summed E-state index contributed by atoms with van der Waals surface area (Å²) in [6.07, 6.45) is 2.33. The van der Waals surface area contributed by atoms with Crippen LogP contribution in [0, 0.1) is 0 Å². The van der Waals surface area contributed by atoms with Crippen LogP contribution in [0.15, 0.2) is 27.4 Å². The lowest BCUT2D eigenvalue weighted by Gasteiger charge is -2.19. The van der Waals surface area contributed by atoms with Crippen molar-refractivity contribution in [3.63, 3.8) is 0 Å². The van der Waals surface area contributed by atoms with Crippen LogP contribution in [0.5, 0.6) is 0 Å². The molecule has 3 rings (SSSR count). The van der Waals surface area contributed by atoms with Crippen LogP contribution in [0.25, 0.3) is 11.1 Å². The third-order valence-electron chi connectivity index (χ3n) is 3.87. The molecule has 0 spiro atoms. The largest absolute Gasteiger partial charge is 0.419 e. The van der Waals surface area contributed by atoms with Gasteiger partial charge in [-0.05, 0) is 37.5 Å². The minimum Gasteiger partial charge on any atom is -0.408 e. The van der Waals surface area contributed by atoms with Crippen LogP contribution < -0.4 is 11.5 Å². The molecule has 0 saturated carbocycles. The van der Waals surface area contributed by atoms with Crippen molar-refractivity contribution in [3.05, 3.63) is 34.3 Å². The molecule has 0 amide bonds. The predicted octanol–water partition coefficient (Wildman–Crippen LogP) is 1.70. The molecule has 0 radical (unpaired) electrons. The van der Waals surface area contributed by atoms with E-state index in [4.69, 9.17) is 14.9 Å². The van der Waals surface area contributed by atoms with Crippen molar-refractivity contribution in [1.29, 1.82) is 0 Å². The Bertz CT molecular complexity index is 658. The number of benzene rings is 1. The second-order valence-corrected chi connectivity index (χ2v) is 5.24. The van der Waals surface area contributed by atoms with Crippen LogP contribution >= 0.6 is 0 Å². The number of rotatable bonds is 2. The number of nitrogens with zero attached hydrogens (tertiary/aromatic N) is 1. The molecular weight excluding hydrogens is 244 g/mol. The van der Waals surface area contributed by atoms with E-state index >= 15 is 0 Å². The third kappa shape index (κ3) is 2.09. The highest BCUT2D eigenvalue weighted by molar-refractivity contribution is 5.73. The maximum atomic E-state index is 11.5. The van der Waals surface area contributed by atoms with Crippen LogP contribution in [0.2, 0.25) is 0 Å². The summed E-state index contributed by atoms with van der Waals surface area (Å²) in [5.41, 5.74) is 8.55. The number of hydrogen-bond acceptors (Lipinski definition) is 4. The molecule has 1 aliphatic heterocycles. The molecule has 1 aromatic carbocycles. The zero-order valence-electron chi connectivity index (χ0n) is 11.1. The molecule has 3 unspecified atom stereocenters. The molecule has 1 saturated heterocycles. The van der Waals surface area contributed by atoms with Crippen molar-refractivity contribution in [2.75, 3.05) is 0 Å². The second-order valence-electron chi connectivity index (χ2n) is 5.24. The predicted molar refractivity (Wildman–Crippen MR) is 72.0 cm³/mol. The third-order valence-corrected chi connectivity index (χ3v) is 3.87. The number of nitrogens with two attached hydrogens (primary N) is 1. The number of aryl methyl sites for hydroxylation is 1. The summed E-state index contributed by atoms with van der Waals surface area (Å²) < 4.78 is 12.5. The van der Waals surface area contributed by atoms with Crippen molar-refractivity contribution in [1.82, 2.24) is 4.57 Å². The van der Waals surface area contributed by atoms with E-state index in [9.17, 15) is 4.79 Å². The molecule has 1 aliphatic rings. The van der Waals surface area contributed by atoms with Crippen LogP contribution in [-0.2, 0) is 11.8 Å². The lowest BCUT2D eigenvalue weighted by atomic mass is 10.00. The average molecular weight is 262 g/mol. The highest BCUT2D eigenvalue weighted by atomic mass is 16.5. The van der Waals surface area contributed by atoms with Crippen LogP contribution in [0.3, 0.4) is 0 Å². The van der Waals surface area contributed by atoms with Crippen molar-refractivity contribution in [3.8, 4) is 0 Å². The Morgan fingerprint density at radius 3 is 2.89 bits per heavy atom. The zero-order valence-corrected chi connectivity index (χ0v) is 11.1.